The van der Waals surface area contributed by atoms with Crippen LogP contribution in [0.2, 0.25) is 0 Å². The van der Waals surface area contributed by atoms with Crippen LogP contribution >= 0.6 is 0 Å². The molecule has 0 aromatic heterocycles. The SMILES string of the molecule is CCC1CN=CCC1C. The summed E-state index contributed by atoms with van der Waals surface area (Å²) in [5.74, 6) is 1.72. The maximum absolute atomic E-state index is 4.25. The summed E-state index contributed by atoms with van der Waals surface area (Å²) < 4.78 is 0. The minimum atomic E-state index is 0.856. The maximum Gasteiger partial charge on any atom is 0.0416 e. The maximum atomic E-state index is 4.25. The number of aliphatic imine (C=N–C) groups is 1. The first-order valence-electron chi connectivity index (χ1n) is 3.83. The summed E-state index contributed by atoms with van der Waals surface area (Å²) in [6.07, 6.45) is 4.55. The highest BCUT2D eigenvalue weighted by molar-refractivity contribution is 5.58. The zero-order valence-electron chi connectivity index (χ0n) is 6.30. The molecule has 0 radical (unpaired) electrons. The van der Waals surface area contributed by atoms with Crippen LogP contribution in [0, 0.1) is 11.8 Å². The molecule has 0 amide bonds. The Morgan fingerprint density at radius 1 is 1.67 bits per heavy atom. The van der Waals surface area contributed by atoms with Crippen LogP contribution in [-0.4, -0.2) is 12.8 Å². The summed E-state index contributed by atoms with van der Waals surface area (Å²) in [7, 11) is 0. The predicted octanol–water partition coefficient (Wildman–Crippen LogP) is 2.12. The van der Waals surface area contributed by atoms with Crippen molar-refractivity contribution in [2.24, 2.45) is 16.8 Å². The molecule has 1 aliphatic rings. The van der Waals surface area contributed by atoms with Crippen LogP contribution in [0.3, 0.4) is 0 Å². The Balaban J connectivity index is 2.43. The molecule has 9 heavy (non-hydrogen) atoms. The molecule has 0 saturated heterocycles. The summed E-state index contributed by atoms with van der Waals surface area (Å²) in [6.45, 7) is 5.64. The van der Waals surface area contributed by atoms with Crippen molar-refractivity contribution in [2.45, 2.75) is 26.7 Å². The lowest BCUT2D eigenvalue weighted by Gasteiger charge is -2.22. The van der Waals surface area contributed by atoms with Gasteiger partial charge in [0.15, 0.2) is 0 Å². The van der Waals surface area contributed by atoms with Gasteiger partial charge in [-0.15, -0.1) is 0 Å². The van der Waals surface area contributed by atoms with E-state index in [2.05, 4.69) is 25.1 Å². The lowest BCUT2D eigenvalue weighted by molar-refractivity contribution is 0.355. The molecule has 2 unspecified atom stereocenters. The van der Waals surface area contributed by atoms with E-state index < -0.39 is 0 Å². The van der Waals surface area contributed by atoms with E-state index in [-0.39, 0.29) is 0 Å². The molecule has 1 heterocycles. The van der Waals surface area contributed by atoms with Crippen molar-refractivity contribution in [3.63, 3.8) is 0 Å². The monoisotopic (exact) mass is 125 g/mol. The molecule has 0 aromatic rings. The van der Waals surface area contributed by atoms with Gasteiger partial charge >= 0.3 is 0 Å². The standard InChI is InChI=1S/C8H15N/c1-3-8-6-9-5-4-7(8)2/h5,7-8H,3-4,6H2,1-2H3. The second kappa shape index (κ2) is 3.00. The number of hydrogen-bond donors (Lipinski definition) is 0. The molecule has 1 nitrogen and oxygen atoms in total. The van der Waals surface area contributed by atoms with Crippen LogP contribution < -0.4 is 0 Å². The number of rotatable bonds is 1. The topological polar surface area (TPSA) is 12.4 Å². The molecule has 52 valence electrons. The van der Waals surface area contributed by atoms with Crippen molar-refractivity contribution >= 4 is 6.21 Å². The highest BCUT2D eigenvalue weighted by Crippen LogP contribution is 2.21. The smallest absolute Gasteiger partial charge is 0.0416 e. The summed E-state index contributed by atoms with van der Waals surface area (Å²) in [6, 6.07) is 0. The van der Waals surface area contributed by atoms with Crippen molar-refractivity contribution in [3.05, 3.63) is 0 Å². The first kappa shape index (κ1) is 6.79. The minimum absolute atomic E-state index is 0.856. The average molecular weight is 125 g/mol. The fourth-order valence-electron chi connectivity index (χ4n) is 1.35. The lowest BCUT2D eigenvalue weighted by atomic mass is 9.88. The van der Waals surface area contributed by atoms with Gasteiger partial charge in [0.1, 0.15) is 0 Å². The molecule has 0 aliphatic carbocycles. The molecule has 1 aliphatic heterocycles. The zero-order chi connectivity index (χ0) is 6.69. The van der Waals surface area contributed by atoms with E-state index in [4.69, 9.17) is 0 Å². The van der Waals surface area contributed by atoms with E-state index >= 15 is 0 Å². The molecule has 0 aromatic carbocycles. The summed E-state index contributed by atoms with van der Waals surface area (Å²) >= 11 is 0. The fourth-order valence-corrected chi connectivity index (χ4v) is 1.35. The quantitative estimate of drug-likeness (QED) is 0.509. The van der Waals surface area contributed by atoms with Gasteiger partial charge in [-0.3, -0.25) is 4.99 Å². The largest absolute Gasteiger partial charge is 0.297 e. The van der Waals surface area contributed by atoms with Crippen LogP contribution in [0.4, 0.5) is 0 Å². The molecular weight excluding hydrogens is 110 g/mol. The second-order valence-electron chi connectivity index (χ2n) is 2.93. The van der Waals surface area contributed by atoms with Gasteiger partial charge in [-0.1, -0.05) is 20.3 Å². The summed E-state index contributed by atoms with van der Waals surface area (Å²) in [5.41, 5.74) is 0. The summed E-state index contributed by atoms with van der Waals surface area (Å²) in [4.78, 5) is 4.25. The highest BCUT2D eigenvalue weighted by atomic mass is 14.7. The normalized spacial score (nSPS) is 34.9. The van der Waals surface area contributed by atoms with Crippen molar-refractivity contribution < 1.29 is 0 Å². The van der Waals surface area contributed by atoms with Gasteiger partial charge in [0, 0.05) is 6.54 Å². The third kappa shape index (κ3) is 1.54. The third-order valence-corrected chi connectivity index (χ3v) is 2.28. The van der Waals surface area contributed by atoms with Crippen LogP contribution in [0.1, 0.15) is 26.7 Å². The predicted molar refractivity (Wildman–Crippen MR) is 40.9 cm³/mol. The van der Waals surface area contributed by atoms with Gasteiger partial charge in [0.2, 0.25) is 0 Å². The molecule has 0 spiro atoms. The molecule has 0 fully saturated rings. The Morgan fingerprint density at radius 3 is 2.89 bits per heavy atom. The highest BCUT2D eigenvalue weighted by Gasteiger charge is 2.16. The first-order valence-corrected chi connectivity index (χ1v) is 3.83. The van der Waals surface area contributed by atoms with E-state index in [1.54, 1.807) is 0 Å². The van der Waals surface area contributed by atoms with Crippen LogP contribution in [-0.2, 0) is 0 Å². The van der Waals surface area contributed by atoms with E-state index in [1.165, 1.54) is 12.8 Å². The van der Waals surface area contributed by atoms with Gasteiger partial charge in [-0.25, -0.2) is 0 Å². The molecule has 0 bridgehead atoms. The van der Waals surface area contributed by atoms with E-state index in [0.717, 1.165) is 18.4 Å². The Bertz CT molecular complexity index is 107. The van der Waals surface area contributed by atoms with Crippen molar-refractivity contribution in [1.29, 1.82) is 0 Å². The van der Waals surface area contributed by atoms with Crippen LogP contribution in [0.15, 0.2) is 4.99 Å². The van der Waals surface area contributed by atoms with Gasteiger partial charge < -0.3 is 0 Å². The summed E-state index contributed by atoms with van der Waals surface area (Å²) in [5, 5.41) is 0. The van der Waals surface area contributed by atoms with E-state index in [0.29, 0.717) is 0 Å². The molecular formula is C8H15N. The third-order valence-electron chi connectivity index (χ3n) is 2.28. The average Bonchev–Trinajstić information content (AvgIpc) is 1.89. The van der Waals surface area contributed by atoms with Crippen molar-refractivity contribution in [3.8, 4) is 0 Å². The lowest BCUT2D eigenvalue weighted by Crippen LogP contribution is -2.18. The van der Waals surface area contributed by atoms with Crippen molar-refractivity contribution in [2.75, 3.05) is 6.54 Å². The molecule has 1 rings (SSSR count). The van der Waals surface area contributed by atoms with Gasteiger partial charge in [-0.2, -0.15) is 0 Å². The van der Waals surface area contributed by atoms with Gasteiger partial charge in [0.25, 0.3) is 0 Å². The molecule has 0 N–H and O–H groups in total. The van der Waals surface area contributed by atoms with Crippen LogP contribution in [0.25, 0.3) is 0 Å². The molecule has 0 saturated carbocycles. The second-order valence-corrected chi connectivity index (χ2v) is 2.93. The Hall–Kier alpha value is -0.330. The van der Waals surface area contributed by atoms with Crippen LogP contribution in [0.5, 0.6) is 0 Å². The number of nitrogens with zero attached hydrogens (tertiary/aromatic N) is 1. The van der Waals surface area contributed by atoms with Gasteiger partial charge in [0.05, 0.1) is 0 Å². The van der Waals surface area contributed by atoms with E-state index in [9.17, 15) is 0 Å². The Kier molecular flexibility index (Phi) is 2.26. The minimum Gasteiger partial charge on any atom is -0.297 e. The van der Waals surface area contributed by atoms with E-state index in [1.807, 2.05) is 0 Å². The Morgan fingerprint density at radius 2 is 2.44 bits per heavy atom. The number of hydrogen-bond acceptors (Lipinski definition) is 1. The fraction of sp³-hybridized carbons (Fsp3) is 0.875. The van der Waals surface area contributed by atoms with Gasteiger partial charge in [-0.05, 0) is 24.5 Å². The Labute approximate surface area is 57.2 Å². The molecule has 1 heteroatoms. The molecule has 2 atom stereocenters. The first-order chi connectivity index (χ1) is 4.34. The van der Waals surface area contributed by atoms with Crippen molar-refractivity contribution in [1.82, 2.24) is 0 Å². The zero-order valence-corrected chi connectivity index (χ0v) is 6.30.